The van der Waals surface area contributed by atoms with E-state index in [-0.39, 0.29) is 12.1 Å². The van der Waals surface area contributed by atoms with E-state index in [4.69, 9.17) is 4.74 Å². The van der Waals surface area contributed by atoms with E-state index in [1.807, 2.05) is 26.8 Å². The number of ether oxygens (including phenoxy) is 1. The number of carbonyl (C=O) groups excluding carboxylic acids is 1. The Morgan fingerprint density at radius 3 is 2.47 bits per heavy atom. The predicted octanol–water partition coefficient (Wildman–Crippen LogP) is 3.66. The van der Waals surface area contributed by atoms with Crippen LogP contribution in [0.15, 0.2) is 18.4 Å². The molecule has 0 spiro atoms. The first kappa shape index (κ1) is 15.8. The largest absolute Gasteiger partial charge is 0.444 e. The number of hydrogen-bond acceptors (Lipinski definition) is 2. The fourth-order valence-corrected chi connectivity index (χ4v) is 1.48. The standard InChI is InChI=1S/C14H25NO2/c1-7-8-9-12(10-11(2)3)15-13(16)17-14(4,5)6/h8,11-12H,1,9-10H2,2-6H3,(H,15,16)/t12-/m1/s1. The van der Waals surface area contributed by atoms with E-state index in [9.17, 15) is 4.79 Å². The van der Waals surface area contributed by atoms with Gasteiger partial charge < -0.3 is 10.1 Å². The van der Waals surface area contributed by atoms with Crippen LogP contribution >= 0.6 is 0 Å². The first-order valence-corrected chi connectivity index (χ1v) is 6.08. The number of rotatable bonds is 5. The van der Waals surface area contributed by atoms with Gasteiger partial charge in [0.25, 0.3) is 0 Å². The summed E-state index contributed by atoms with van der Waals surface area (Å²) in [6.07, 6.45) is 3.13. The number of carbonyl (C=O) groups is 1. The Bertz CT molecular complexity index is 283. The van der Waals surface area contributed by atoms with Gasteiger partial charge >= 0.3 is 6.09 Å². The molecule has 0 saturated carbocycles. The Labute approximate surface area is 105 Å². The first-order valence-electron chi connectivity index (χ1n) is 6.08. The molecule has 0 fully saturated rings. The summed E-state index contributed by atoms with van der Waals surface area (Å²) in [5, 5.41) is 2.88. The Kier molecular flexibility index (Phi) is 6.67. The highest BCUT2D eigenvalue weighted by atomic mass is 16.6. The van der Waals surface area contributed by atoms with Crippen molar-refractivity contribution in [1.29, 1.82) is 0 Å². The lowest BCUT2D eigenvalue weighted by Gasteiger charge is -2.23. The third kappa shape index (κ3) is 9.70. The molecule has 17 heavy (non-hydrogen) atoms. The fourth-order valence-electron chi connectivity index (χ4n) is 1.48. The minimum absolute atomic E-state index is 0.0825. The lowest BCUT2D eigenvalue weighted by Crippen LogP contribution is -2.39. The van der Waals surface area contributed by atoms with Crippen LogP contribution in [0.4, 0.5) is 4.79 Å². The zero-order valence-electron chi connectivity index (χ0n) is 11.7. The van der Waals surface area contributed by atoms with Crippen LogP contribution in [-0.2, 0) is 4.74 Å². The number of nitrogens with one attached hydrogen (secondary N) is 1. The Balaban J connectivity index is 4.31. The third-order valence-electron chi connectivity index (χ3n) is 2.02. The van der Waals surface area contributed by atoms with Crippen molar-refractivity contribution in [2.24, 2.45) is 5.92 Å². The van der Waals surface area contributed by atoms with Crippen molar-refractivity contribution in [2.45, 2.75) is 59.1 Å². The van der Waals surface area contributed by atoms with Gasteiger partial charge in [-0.15, -0.1) is 5.73 Å². The van der Waals surface area contributed by atoms with Crippen LogP contribution in [-0.4, -0.2) is 17.7 Å². The van der Waals surface area contributed by atoms with Crippen LogP contribution in [0.3, 0.4) is 0 Å². The molecule has 0 aromatic carbocycles. The van der Waals surface area contributed by atoms with Crippen LogP contribution in [0.5, 0.6) is 0 Å². The molecule has 0 unspecified atom stereocenters. The highest BCUT2D eigenvalue weighted by Crippen LogP contribution is 2.11. The van der Waals surface area contributed by atoms with Crippen molar-refractivity contribution >= 4 is 6.09 Å². The summed E-state index contributed by atoms with van der Waals surface area (Å²) in [6, 6.07) is 0.0825. The van der Waals surface area contributed by atoms with E-state index in [1.165, 1.54) is 0 Å². The predicted molar refractivity (Wildman–Crippen MR) is 70.9 cm³/mol. The zero-order chi connectivity index (χ0) is 13.5. The van der Waals surface area contributed by atoms with E-state index in [0.29, 0.717) is 5.92 Å². The maximum atomic E-state index is 11.6. The van der Waals surface area contributed by atoms with Gasteiger partial charge in [0.05, 0.1) is 0 Å². The van der Waals surface area contributed by atoms with Crippen LogP contribution in [0.2, 0.25) is 0 Å². The fraction of sp³-hybridized carbons (Fsp3) is 0.714. The minimum Gasteiger partial charge on any atom is -0.444 e. The number of hydrogen-bond donors (Lipinski definition) is 1. The summed E-state index contributed by atoms with van der Waals surface area (Å²) in [5.41, 5.74) is 2.27. The molecule has 1 atom stereocenters. The lowest BCUT2D eigenvalue weighted by atomic mass is 10.0. The monoisotopic (exact) mass is 239 g/mol. The molecule has 0 heterocycles. The normalized spacial score (nSPS) is 12.8. The molecular formula is C14H25NO2. The van der Waals surface area contributed by atoms with Crippen molar-refractivity contribution in [3.8, 4) is 0 Å². The summed E-state index contributed by atoms with van der Waals surface area (Å²) in [4.78, 5) is 11.6. The molecule has 0 aromatic rings. The summed E-state index contributed by atoms with van der Waals surface area (Å²) in [7, 11) is 0. The van der Waals surface area contributed by atoms with Crippen molar-refractivity contribution in [3.05, 3.63) is 18.4 Å². The quantitative estimate of drug-likeness (QED) is 0.744. The van der Waals surface area contributed by atoms with Crippen molar-refractivity contribution < 1.29 is 9.53 Å². The van der Waals surface area contributed by atoms with E-state index >= 15 is 0 Å². The first-order chi connectivity index (χ1) is 7.74. The van der Waals surface area contributed by atoms with Gasteiger partial charge in [-0.3, -0.25) is 0 Å². The summed E-state index contributed by atoms with van der Waals surface area (Å²) in [6.45, 7) is 13.3. The van der Waals surface area contributed by atoms with Gasteiger partial charge in [-0.25, -0.2) is 4.79 Å². The molecule has 1 amide bonds. The molecular weight excluding hydrogens is 214 g/mol. The second-order valence-corrected chi connectivity index (χ2v) is 5.62. The highest BCUT2D eigenvalue weighted by Gasteiger charge is 2.19. The molecule has 0 radical (unpaired) electrons. The Hall–Kier alpha value is -1.21. The van der Waals surface area contributed by atoms with E-state index in [1.54, 1.807) is 0 Å². The topological polar surface area (TPSA) is 38.3 Å². The summed E-state index contributed by atoms with van der Waals surface area (Å²) in [5.74, 6) is 0.521. The van der Waals surface area contributed by atoms with Gasteiger partial charge in [0.15, 0.2) is 0 Å². The number of amides is 1. The van der Waals surface area contributed by atoms with Gasteiger partial charge in [0.2, 0.25) is 0 Å². The Morgan fingerprint density at radius 2 is 2.06 bits per heavy atom. The van der Waals surface area contributed by atoms with Crippen LogP contribution in [0, 0.1) is 5.92 Å². The molecule has 0 bridgehead atoms. The smallest absolute Gasteiger partial charge is 0.407 e. The van der Waals surface area contributed by atoms with Gasteiger partial charge in [-0.2, -0.15) is 0 Å². The van der Waals surface area contributed by atoms with Crippen LogP contribution in [0.1, 0.15) is 47.5 Å². The molecule has 3 heteroatoms. The second-order valence-electron chi connectivity index (χ2n) is 5.62. The van der Waals surface area contributed by atoms with Gasteiger partial charge in [0.1, 0.15) is 5.60 Å². The maximum absolute atomic E-state index is 11.6. The molecule has 0 aromatic heterocycles. The second kappa shape index (κ2) is 7.18. The van der Waals surface area contributed by atoms with Gasteiger partial charge in [-0.1, -0.05) is 20.4 Å². The summed E-state index contributed by atoms with van der Waals surface area (Å²) < 4.78 is 5.23. The molecule has 0 aliphatic rings. The SMILES string of the molecule is C=C=CC[C@H](CC(C)C)NC(=O)OC(C)(C)C. The average Bonchev–Trinajstić information content (AvgIpc) is 2.09. The van der Waals surface area contributed by atoms with Gasteiger partial charge in [0, 0.05) is 6.04 Å². The molecule has 98 valence electrons. The third-order valence-corrected chi connectivity index (χ3v) is 2.02. The van der Waals surface area contributed by atoms with Crippen molar-refractivity contribution in [2.75, 3.05) is 0 Å². The van der Waals surface area contributed by atoms with Crippen molar-refractivity contribution in [1.82, 2.24) is 5.32 Å². The minimum atomic E-state index is -0.458. The van der Waals surface area contributed by atoms with E-state index in [0.717, 1.165) is 12.8 Å². The van der Waals surface area contributed by atoms with Crippen LogP contribution in [0.25, 0.3) is 0 Å². The van der Waals surface area contributed by atoms with Crippen LogP contribution < -0.4 is 5.32 Å². The molecule has 1 N–H and O–H groups in total. The summed E-state index contributed by atoms with van der Waals surface area (Å²) >= 11 is 0. The Morgan fingerprint density at radius 1 is 1.47 bits per heavy atom. The highest BCUT2D eigenvalue weighted by molar-refractivity contribution is 5.68. The average molecular weight is 239 g/mol. The molecule has 3 nitrogen and oxygen atoms in total. The zero-order valence-corrected chi connectivity index (χ0v) is 11.7. The molecule has 0 aliphatic carbocycles. The molecule has 0 aliphatic heterocycles. The van der Waals surface area contributed by atoms with E-state index in [2.05, 4.69) is 31.5 Å². The van der Waals surface area contributed by atoms with Crippen molar-refractivity contribution in [3.63, 3.8) is 0 Å². The lowest BCUT2D eigenvalue weighted by molar-refractivity contribution is 0.0499. The molecule has 0 rings (SSSR count). The number of alkyl carbamates (subject to hydrolysis) is 1. The maximum Gasteiger partial charge on any atom is 0.407 e. The van der Waals surface area contributed by atoms with E-state index < -0.39 is 5.60 Å². The molecule has 0 saturated heterocycles. The van der Waals surface area contributed by atoms with Gasteiger partial charge in [-0.05, 0) is 45.6 Å².